The lowest BCUT2D eigenvalue weighted by atomic mass is 10.1. The predicted octanol–water partition coefficient (Wildman–Crippen LogP) is 4.69. The van der Waals surface area contributed by atoms with Gasteiger partial charge in [0.15, 0.2) is 11.5 Å². The first-order chi connectivity index (χ1) is 16.6. The first-order valence-corrected chi connectivity index (χ1v) is 11.1. The van der Waals surface area contributed by atoms with Crippen LogP contribution >= 0.6 is 0 Å². The van der Waals surface area contributed by atoms with Crippen molar-refractivity contribution in [2.75, 3.05) is 20.3 Å². The molecule has 1 heterocycles. The van der Waals surface area contributed by atoms with Gasteiger partial charge in [0, 0.05) is 13.1 Å². The molecule has 1 atom stereocenters. The number of rotatable bonds is 10. The zero-order valence-corrected chi connectivity index (χ0v) is 18.9. The molecule has 34 heavy (non-hydrogen) atoms. The van der Waals surface area contributed by atoms with E-state index in [4.69, 9.17) is 9.47 Å². The average molecular weight is 463 g/mol. The number of nitrogens with zero attached hydrogens (tertiary/aromatic N) is 2. The fourth-order valence-corrected chi connectivity index (χ4v) is 3.69. The van der Waals surface area contributed by atoms with Crippen LogP contribution in [0.1, 0.15) is 18.0 Å². The van der Waals surface area contributed by atoms with Gasteiger partial charge in [-0.15, -0.1) is 0 Å². The molecule has 0 fully saturated rings. The van der Waals surface area contributed by atoms with Crippen LogP contribution < -0.4 is 20.1 Å². The number of urea groups is 1. The molecule has 0 aliphatic carbocycles. The summed E-state index contributed by atoms with van der Waals surface area (Å²) in [6.07, 6.45) is 2.37. The lowest BCUT2D eigenvalue weighted by Crippen LogP contribution is -2.40. The number of amides is 2. The number of halogens is 1. The summed E-state index contributed by atoms with van der Waals surface area (Å²) in [6.45, 7) is 1.32. The highest BCUT2D eigenvalue weighted by Crippen LogP contribution is 2.25. The Kier molecular flexibility index (Phi) is 7.60. The van der Waals surface area contributed by atoms with Crippen LogP contribution in [-0.2, 0) is 6.54 Å². The van der Waals surface area contributed by atoms with Crippen LogP contribution in [0.4, 0.5) is 9.18 Å². The number of ether oxygens (including phenoxy) is 2. The maximum Gasteiger partial charge on any atom is 0.315 e. The molecule has 2 amide bonds. The van der Waals surface area contributed by atoms with Gasteiger partial charge in [-0.25, -0.2) is 14.2 Å². The Morgan fingerprint density at radius 2 is 1.76 bits per heavy atom. The molecule has 176 valence electrons. The van der Waals surface area contributed by atoms with E-state index >= 15 is 0 Å². The maximum atomic E-state index is 13.5. The molecule has 0 saturated carbocycles. The number of aromatic nitrogens is 2. The lowest BCUT2D eigenvalue weighted by Gasteiger charge is -2.21. The van der Waals surface area contributed by atoms with Gasteiger partial charge in [0.2, 0.25) is 0 Å². The minimum atomic E-state index is -0.372. The highest BCUT2D eigenvalue weighted by molar-refractivity contribution is 5.75. The topological polar surface area (TPSA) is 77.4 Å². The number of hydrogen-bond acceptors (Lipinski definition) is 4. The van der Waals surface area contributed by atoms with Crippen LogP contribution in [0.2, 0.25) is 0 Å². The van der Waals surface area contributed by atoms with E-state index in [1.807, 2.05) is 53.1 Å². The van der Waals surface area contributed by atoms with Crippen molar-refractivity contribution in [2.45, 2.75) is 19.0 Å². The second-order valence-corrected chi connectivity index (χ2v) is 7.74. The summed E-state index contributed by atoms with van der Waals surface area (Å²) in [5.74, 6) is 1.01. The van der Waals surface area contributed by atoms with Crippen LogP contribution in [0.5, 0.6) is 11.5 Å². The summed E-state index contributed by atoms with van der Waals surface area (Å²) in [6, 6.07) is 20.7. The molecule has 7 nitrogen and oxygen atoms in total. The molecule has 1 aromatic heterocycles. The number of nitrogens with one attached hydrogen (secondary N) is 2. The molecule has 4 rings (SSSR count). The van der Waals surface area contributed by atoms with Gasteiger partial charge in [-0.1, -0.05) is 36.4 Å². The van der Waals surface area contributed by atoms with Crippen molar-refractivity contribution >= 4 is 17.1 Å². The quantitative estimate of drug-likeness (QED) is 0.335. The van der Waals surface area contributed by atoms with Crippen molar-refractivity contribution in [1.82, 2.24) is 20.2 Å². The van der Waals surface area contributed by atoms with Crippen molar-refractivity contribution in [2.24, 2.45) is 0 Å². The molecule has 0 saturated heterocycles. The number of methoxy groups -OCH3 is 1. The molecule has 3 aromatic carbocycles. The van der Waals surface area contributed by atoms with Crippen molar-refractivity contribution in [1.29, 1.82) is 0 Å². The highest BCUT2D eigenvalue weighted by atomic mass is 19.1. The second kappa shape index (κ2) is 11.2. The molecule has 4 aromatic rings. The Bertz CT molecular complexity index is 1230. The van der Waals surface area contributed by atoms with Gasteiger partial charge in [0.25, 0.3) is 0 Å². The molecule has 8 heteroatoms. The van der Waals surface area contributed by atoms with Gasteiger partial charge in [0.05, 0.1) is 37.1 Å². The van der Waals surface area contributed by atoms with Crippen LogP contribution in [0.15, 0.2) is 79.1 Å². The molecule has 0 bridgehead atoms. The number of para-hydroxylation sites is 4. The summed E-state index contributed by atoms with van der Waals surface area (Å²) in [5.41, 5.74) is 2.64. The van der Waals surface area contributed by atoms with Crippen LogP contribution in [-0.4, -0.2) is 35.8 Å². The molecule has 2 N–H and O–H groups in total. The number of fused-ring (bicyclic) bond motifs is 1. The third-order valence-corrected chi connectivity index (χ3v) is 5.42. The minimum Gasteiger partial charge on any atom is -0.493 e. The Hall–Kier alpha value is -4.07. The molecule has 0 aliphatic heterocycles. The minimum absolute atomic E-state index is 0.309. The zero-order chi connectivity index (χ0) is 23.8. The molecule has 0 radical (unpaired) electrons. The summed E-state index contributed by atoms with van der Waals surface area (Å²) >= 11 is 0. The number of hydrogen-bond donors (Lipinski definition) is 2. The van der Waals surface area contributed by atoms with Gasteiger partial charge in [-0.3, -0.25) is 0 Å². The van der Waals surface area contributed by atoms with Crippen LogP contribution in [0, 0.1) is 5.82 Å². The summed E-state index contributed by atoms with van der Waals surface area (Å²) in [7, 11) is 1.60. The Balaban J connectivity index is 1.34. The van der Waals surface area contributed by atoms with E-state index in [1.54, 1.807) is 25.6 Å². The van der Waals surface area contributed by atoms with Crippen LogP contribution in [0.25, 0.3) is 11.0 Å². The van der Waals surface area contributed by atoms with E-state index in [-0.39, 0.29) is 17.9 Å². The first kappa shape index (κ1) is 23.1. The molecule has 0 aliphatic rings. The Morgan fingerprint density at radius 3 is 2.56 bits per heavy atom. The predicted molar refractivity (Wildman–Crippen MR) is 129 cm³/mol. The molecule has 1 unspecified atom stereocenters. The highest BCUT2D eigenvalue weighted by Gasteiger charge is 2.17. The fourth-order valence-electron chi connectivity index (χ4n) is 3.69. The van der Waals surface area contributed by atoms with Crippen LogP contribution in [0.3, 0.4) is 0 Å². The normalized spacial score (nSPS) is 11.7. The van der Waals surface area contributed by atoms with Crippen molar-refractivity contribution in [3.05, 3.63) is 90.5 Å². The SMILES string of the molecule is COc1ccccc1OCCCNC(=O)NC(Cn1cnc2ccccc21)c1ccc(F)cc1. The number of benzene rings is 3. The van der Waals surface area contributed by atoms with Gasteiger partial charge in [0.1, 0.15) is 5.82 Å². The van der Waals surface area contributed by atoms with Gasteiger partial charge in [-0.2, -0.15) is 0 Å². The van der Waals surface area contributed by atoms with Crippen molar-refractivity contribution in [3.8, 4) is 11.5 Å². The Morgan fingerprint density at radius 1 is 1.03 bits per heavy atom. The fraction of sp³-hybridized carbons (Fsp3) is 0.231. The lowest BCUT2D eigenvalue weighted by molar-refractivity contribution is 0.233. The zero-order valence-electron chi connectivity index (χ0n) is 18.9. The first-order valence-electron chi connectivity index (χ1n) is 11.1. The van der Waals surface area contributed by atoms with E-state index in [2.05, 4.69) is 15.6 Å². The third kappa shape index (κ3) is 5.83. The average Bonchev–Trinajstić information content (AvgIpc) is 3.27. The van der Waals surface area contributed by atoms with E-state index in [0.717, 1.165) is 16.6 Å². The van der Waals surface area contributed by atoms with Gasteiger partial charge in [-0.05, 0) is 48.4 Å². The largest absolute Gasteiger partial charge is 0.493 e. The van der Waals surface area contributed by atoms with E-state index in [0.29, 0.717) is 37.6 Å². The third-order valence-electron chi connectivity index (χ3n) is 5.42. The van der Waals surface area contributed by atoms with E-state index in [1.165, 1.54) is 12.1 Å². The maximum absolute atomic E-state index is 13.5. The summed E-state index contributed by atoms with van der Waals surface area (Å²) in [5, 5.41) is 5.87. The van der Waals surface area contributed by atoms with E-state index in [9.17, 15) is 9.18 Å². The van der Waals surface area contributed by atoms with E-state index < -0.39 is 0 Å². The summed E-state index contributed by atoms with van der Waals surface area (Å²) in [4.78, 5) is 17.1. The number of carbonyl (C=O) groups is 1. The molecular formula is C26H27FN4O3. The van der Waals surface area contributed by atoms with Gasteiger partial charge < -0.3 is 24.7 Å². The monoisotopic (exact) mass is 462 g/mol. The Labute approximate surface area is 197 Å². The van der Waals surface area contributed by atoms with Crippen molar-refractivity contribution in [3.63, 3.8) is 0 Å². The smallest absolute Gasteiger partial charge is 0.315 e. The standard InChI is InChI=1S/C26H27FN4O3/c1-33-24-9-4-5-10-25(24)34-16-6-15-28-26(32)30-22(19-11-13-20(27)14-12-19)17-31-18-29-21-7-2-3-8-23(21)31/h2-5,7-14,18,22H,6,15-17H2,1H3,(H2,28,30,32). The summed E-state index contributed by atoms with van der Waals surface area (Å²) < 4.78 is 26.5. The van der Waals surface area contributed by atoms with Gasteiger partial charge >= 0.3 is 6.03 Å². The second-order valence-electron chi connectivity index (χ2n) is 7.74. The molecular weight excluding hydrogens is 435 g/mol. The molecule has 0 spiro atoms. The number of imidazole rings is 1. The number of carbonyl (C=O) groups excluding carboxylic acids is 1. The van der Waals surface area contributed by atoms with Crippen molar-refractivity contribution < 1.29 is 18.7 Å².